The minimum atomic E-state index is -0.0394. The van der Waals surface area contributed by atoms with E-state index in [0.717, 1.165) is 68.0 Å². The summed E-state index contributed by atoms with van der Waals surface area (Å²) in [4.78, 5) is 19.1. The number of hydrogen-bond acceptors (Lipinski definition) is 5. The molecule has 2 saturated heterocycles. The van der Waals surface area contributed by atoms with E-state index >= 15 is 0 Å². The quantitative estimate of drug-likeness (QED) is 0.691. The van der Waals surface area contributed by atoms with Crippen LogP contribution < -0.4 is 15.0 Å². The summed E-state index contributed by atoms with van der Waals surface area (Å²) >= 11 is 6.31. The van der Waals surface area contributed by atoms with Gasteiger partial charge in [0, 0.05) is 52.4 Å². The van der Waals surface area contributed by atoms with Crippen molar-refractivity contribution in [3.8, 4) is 5.75 Å². The molecule has 7 nitrogen and oxygen atoms in total. The van der Waals surface area contributed by atoms with Gasteiger partial charge in [-0.3, -0.25) is 4.90 Å². The van der Waals surface area contributed by atoms with Gasteiger partial charge in [-0.2, -0.15) is 0 Å². The zero-order valence-corrected chi connectivity index (χ0v) is 19.1. The van der Waals surface area contributed by atoms with Crippen LogP contribution in [0.4, 0.5) is 10.5 Å². The molecule has 0 atom stereocenters. The van der Waals surface area contributed by atoms with E-state index in [2.05, 4.69) is 15.1 Å². The van der Waals surface area contributed by atoms with Crippen molar-refractivity contribution in [3.63, 3.8) is 0 Å². The van der Waals surface area contributed by atoms with E-state index in [1.807, 2.05) is 53.4 Å². The summed E-state index contributed by atoms with van der Waals surface area (Å²) in [5.74, 6) is 0.832. The molecule has 2 heterocycles. The number of para-hydroxylation sites is 1. The van der Waals surface area contributed by atoms with Crippen LogP contribution in [0, 0.1) is 0 Å². The first-order valence-corrected chi connectivity index (χ1v) is 11.6. The number of carbonyl (C=O) groups excluding carboxylic acids is 1. The Morgan fingerprint density at radius 3 is 2.56 bits per heavy atom. The molecule has 0 aliphatic carbocycles. The van der Waals surface area contributed by atoms with Crippen molar-refractivity contribution in [2.45, 2.75) is 6.54 Å². The topological polar surface area (TPSA) is 57.3 Å². The molecule has 0 radical (unpaired) electrons. The van der Waals surface area contributed by atoms with Crippen molar-refractivity contribution < 1.29 is 14.3 Å². The second-order valence-electron chi connectivity index (χ2n) is 8.03. The predicted octanol–water partition coefficient (Wildman–Crippen LogP) is 3.08. The Morgan fingerprint density at radius 2 is 1.78 bits per heavy atom. The highest BCUT2D eigenvalue weighted by Crippen LogP contribution is 2.26. The van der Waals surface area contributed by atoms with Gasteiger partial charge in [0.2, 0.25) is 0 Å². The van der Waals surface area contributed by atoms with E-state index in [4.69, 9.17) is 21.1 Å². The monoisotopic (exact) mass is 458 g/mol. The lowest BCUT2D eigenvalue weighted by molar-refractivity contribution is 0.0322. The highest BCUT2D eigenvalue weighted by atomic mass is 35.5. The number of halogens is 1. The van der Waals surface area contributed by atoms with Gasteiger partial charge in [0.1, 0.15) is 12.4 Å². The van der Waals surface area contributed by atoms with E-state index < -0.39 is 0 Å². The van der Waals surface area contributed by atoms with Gasteiger partial charge in [0.05, 0.1) is 23.9 Å². The number of benzene rings is 2. The summed E-state index contributed by atoms with van der Waals surface area (Å²) in [5.41, 5.74) is 2.05. The molecule has 0 aromatic heterocycles. The van der Waals surface area contributed by atoms with Crippen LogP contribution in [0.25, 0.3) is 0 Å². The van der Waals surface area contributed by atoms with Gasteiger partial charge < -0.3 is 24.6 Å². The Kier molecular flexibility index (Phi) is 8.09. The fourth-order valence-electron chi connectivity index (χ4n) is 4.01. The summed E-state index contributed by atoms with van der Waals surface area (Å²) in [5, 5.41) is 3.78. The smallest absolute Gasteiger partial charge is 0.317 e. The highest BCUT2D eigenvalue weighted by molar-refractivity contribution is 6.33. The van der Waals surface area contributed by atoms with Gasteiger partial charge in [-0.05, 0) is 29.8 Å². The van der Waals surface area contributed by atoms with Gasteiger partial charge in [0.25, 0.3) is 0 Å². The Morgan fingerprint density at radius 1 is 1.00 bits per heavy atom. The molecule has 0 bridgehead atoms. The predicted molar refractivity (Wildman–Crippen MR) is 127 cm³/mol. The van der Waals surface area contributed by atoms with Crippen molar-refractivity contribution in [1.82, 2.24) is 15.1 Å². The number of piperazine rings is 1. The number of anilines is 1. The molecule has 2 amide bonds. The second kappa shape index (κ2) is 11.4. The SMILES string of the molecule is O=C(NCc1cccc(OCCN2CCOCC2)c1)N1CCN(c2ccccc2Cl)CC1. The molecule has 32 heavy (non-hydrogen) atoms. The normalized spacial score (nSPS) is 17.3. The number of rotatable bonds is 7. The number of nitrogens with one attached hydrogen (secondary N) is 1. The first-order chi connectivity index (χ1) is 15.7. The van der Waals surface area contributed by atoms with Crippen LogP contribution in [0.5, 0.6) is 5.75 Å². The first-order valence-electron chi connectivity index (χ1n) is 11.2. The third-order valence-corrected chi connectivity index (χ3v) is 6.20. The van der Waals surface area contributed by atoms with E-state index in [9.17, 15) is 4.79 Å². The molecule has 0 spiro atoms. The van der Waals surface area contributed by atoms with Crippen molar-refractivity contribution in [3.05, 3.63) is 59.1 Å². The third kappa shape index (κ3) is 6.28. The summed E-state index contributed by atoms with van der Waals surface area (Å²) in [6, 6.07) is 15.7. The largest absolute Gasteiger partial charge is 0.492 e. The van der Waals surface area contributed by atoms with Crippen LogP contribution in [0.1, 0.15) is 5.56 Å². The molecule has 2 aliphatic heterocycles. The molecule has 2 aliphatic rings. The average Bonchev–Trinajstić information content (AvgIpc) is 2.84. The molecule has 2 aromatic carbocycles. The number of ether oxygens (including phenoxy) is 2. The Labute approximate surface area is 194 Å². The number of morpholine rings is 1. The van der Waals surface area contributed by atoms with Crippen LogP contribution >= 0.6 is 11.6 Å². The lowest BCUT2D eigenvalue weighted by Gasteiger charge is -2.36. The zero-order valence-electron chi connectivity index (χ0n) is 18.3. The van der Waals surface area contributed by atoms with Crippen molar-refractivity contribution >= 4 is 23.3 Å². The minimum absolute atomic E-state index is 0.0394. The standard InChI is InChI=1S/C24H31ClN4O3/c25-22-6-1-2-7-23(22)28-8-10-29(11-9-28)24(30)26-19-20-4-3-5-21(18-20)32-17-14-27-12-15-31-16-13-27/h1-7,18H,8-17,19H2,(H,26,30). The highest BCUT2D eigenvalue weighted by Gasteiger charge is 2.22. The van der Waals surface area contributed by atoms with E-state index in [1.165, 1.54) is 0 Å². The molecule has 1 N–H and O–H groups in total. The number of carbonyl (C=O) groups is 1. The fourth-order valence-corrected chi connectivity index (χ4v) is 4.27. The summed E-state index contributed by atoms with van der Waals surface area (Å²) in [6.07, 6.45) is 0. The average molecular weight is 459 g/mol. The second-order valence-corrected chi connectivity index (χ2v) is 8.44. The Balaban J connectivity index is 1.19. The lowest BCUT2D eigenvalue weighted by Crippen LogP contribution is -2.51. The lowest BCUT2D eigenvalue weighted by atomic mass is 10.2. The van der Waals surface area contributed by atoms with Gasteiger partial charge >= 0.3 is 6.03 Å². The number of nitrogens with zero attached hydrogens (tertiary/aromatic N) is 3. The van der Waals surface area contributed by atoms with E-state index in [-0.39, 0.29) is 6.03 Å². The fraction of sp³-hybridized carbons (Fsp3) is 0.458. The Bertz CT molecular complexity index is 883. The maximum absolute atomic E-state index is 12.6. The maximum atomic E-state index is 12.6. The summed E-state index contributed by atoms with van der Waals surface area (Å²) in [6.45, 7) is 8.40. The molecule has 2 fully saturated rings. The first kappa shape index (κ1) is 22.7. The van der Waals surface area contributed by atoms with Crippen LogP contribution in [0.3, 0.4) is 0 Å². The van der Waals surface area contributed by atoms with Gasteiger partial charge in [-0.25, -0.2) is 4.79 Å². The maximum Gasteiger partial charge on any atom is 0.317 e. The zero-order chi connectivity index (χ0) is 22.2. The van der Waals surface area contributed by atoms with Crippen LogP contribution in [-0.4, -0.2) is 81.5 Å². The van der Waals surface area contributed by atoms with Crippen molar-refractivity contribution in [1.29, 1.82) is 0 Å². The molecule has 0 unspecified atom stereocenters. The van der Waals surface area contributed by atoms with E-state index in [0.29, 0.717) is 26.2 Å². The van der Waals surface area contributed by atoms with Gasteiger partial charge in [-0.15, -0.1) is 0 Å². The molecule has 8 heteroatoms. The molecule has 172 valence electrons. The number of amides is 2. The summed E-state index contributed by atoms with van der Waals surface area (Å²) < 4.78 is 11.3. The molecule has 0 saturated carbocycles. The molecular formula is C24H31ClN4O3. The number of hydrogen-bond donors (Lipinski definition) is 1. The summed E-state index contributed by atoms with van der Waals surface area (Å²) in [7, 11) is 0. The van der Waals surface area contributed by atoms with Crippen LogP contribution in [0.15, 0.2) is 48.5 Å². The van der Waals surface area contributed by atoms with Crippen LogP contribution in [0.2, 0.25) is 5.02 Å². The van der Waals surface area contributed by atoms with Crippen molar-refractivity contribution in [2.24, 2.45) is 0 Å². The van der Waals surface area contributed by atoms with Gasteiger partial charge in [0.15, 0.2) is 0 Å². The van der Waals surface area contributed by atoms with E-state index in [1.54, 1.807) is 0 Å². The van der Waals surface area contributed by atoms with Crippen molar-refractivity contribution in [2.75, 3.05) is 70.5 Å². The third-order valence-electron chi connectivity index (χ3n) is 5.88. The van der Waals surface area contributed by atoms with Crippen LogP contribution in [-0.2, 0) is 11.3 Å². The molecule has 2 aromatic rings. The Hall–Kier alpha value is -2.48. The number of urea groups is 1. The minimum Gasteiger partial charge on any atom is -0.492 e. The molecular weight excluding hydrogens is 428 g/mol. The van der Waals surface area contributed by atoms with Gasteiger partial charge in [-0.1, -0.05) is 35.9 Å². The molecule has 4 rings (SSSR count).